The molecule has 21 heavy (non-hydrogen) atoms. The Morgan fingerprint density at radius 3 is 2.52 bits per heavy atom. The van der Waals surface area contributed by atoms with Crippen molar-refractivity contribution in [1.29, 1.82) is 0 Å². The molecule has 1 heterocycles. The first-order valence-corrected chi connectivity index (χ1v) is 7.60. The summed E-state index contributed by atoms with van der Waals surface area (Å²) >= 11 is 0. The third-order valence-corrected chi connectivity index (χ3v) is 3.96. The molecule has 0 aliphatic carbocycles. The maximum Gasteiger partial charge on any atom is 0.265 e. The van der Waals surface area contributed by atoms with Crippen molar-refractivity contribution >= 4 is 15.7 Å². The Kier molecular flexibility index (Phi) is 4.53. The van der Waals surface area contributed by atoms with Gasteiger partial charge in [0.15, 0.2) is 0 Å². The molecule has 0 radical (unpaired) electrons. The Bertz CT molecular complexity index is 710. The number of nitrogens with zero attached hydrogens (tertiary/aromatic N) is 2. The average Bonchev–Trinajstić information content (AvgIpc) is 2.84. The monoisotopic (exact) mass is 316 g/mol. The highest BCUT2D eigenvalue weighted by Gasteiger charge is 2.17. The van der Waals surface area contributed by atoms with Crippen LogP contribution in [0.4, 0.5) is 14.5 Å². The van der Waals surface area contributed by atoms with Crippen molar-refractivity contribution in [2.75, 3.05) is 11.3 Å². The van der Waals surface area contributed by atoms with Crippen molar-refractivity contribution in [3.8, 4) is 0 Å². The summed E-state index contributed by atoms with van der Waals surface area (Å²) in [6.45, 7) is 0.948. The van der Waals surface area contributed by atoms with Gasteiger partial charge in [-0.2, -0.15) is 5.10 Å². The molecular formula is C12H14F2N4O2S. The molecule has 1 aromatic heterocycles. The van der Waals surface area contributed by atoms with Crippen molar-refractivity contribution in [1.82, 2.24) is 9.78 Å². The molecule has 0 amide bonds. The predicted molar refractivity (Wildman–Crippen MR) is 73.1 cm³/mol. The number of nitrogens with one attached hydrogen (secondary N) is 1. The summed E-state index contributed by atoms with van der Waals surface area (Å²) in [5, 5.41) is 3.89. The molecule has 0 atom stereocenters. The van der Waals surface area contributed by atoms with Gasteiger partial charge in [-0.3, -0.25) is 9.40 Å². The van der Waals surface area contributed by atoms with Crippen molar-refractivity contribution in [3.05, 3.63) is 42.2 Å². The van der Waals surface area contributed by atoms with Crippen LogP contribution < -0.4 is 10.5 Å². The fourth-order valence-electron chi connectivity index (χ4n) is 1.69. The first-order valence-electron chi connectivity index (χ1n) is 6.12. The second-order valence-corrected chi connectivity index (χ2v) is 6.03. The summed E-state index contributed by atoms with van der Waals surface area (Å²) in [6, 6.07) is 2.43. The van der Waals surface area contributed by atoms with Gasteiger partial charge in [-0.05, 0) is 25.1 Å². The number of aryl methyl sites for hydroxylation is 1. The van der Waals surface area contributed by atoms with Crippen molar-refractivity contribution < 1.29 is 17.2 Å². The summed E-state index contributed by atoms with van der Waals surface area (Å²) in [5.74, 6) is -1.74. The van der Waals surface area contributed by atoms with E-state index in [1.54, 1.807) is 0 Å². The maximum absolute atomic E-state index is 13.0. The summed E-state index contributed by atoms with van der Waals surface area (Å²) in [7, 11) is -3.95. The van der Waals surface area contributed by atoms with Crippen LogP contribution in [0.15, 0.2) is 35.5 Å². The van der Waals surface area contributed by atoms with E-state index in [1.807, 2.05) is 0 Å². The van der Waals surface area contributed by atoms with Gasteiger partial charge in [0.25, 0.3) is 10.0 Å². The van der Waals surface area contributed by atoms with Crippen LogP contribution in [0.3, 0.4) is 0 Å². The zero-order valence-corrected chi connectivity index (χ0v) is 11.8. The molecule has 0 unspecified atom stereocenters. The molecule has 0 fully saturated rings. The second kappa shape index (κ2) is 6.19. The SMILES string of the molecule is NCCCn1cc(S(=O)(=O)Nc2cc(F)cc(F)c2)cn1. The summed E-state index contributed by atoms with van der Waals surface area (Å²) in [6.07, 6.45) is 3.14. The van der Waals surface area contributed by atoms with Crippen molar-refractivity contribution in [2.24, 2.45) is 5.73 Å². The largest absolute Gasteiger partial charge is 0.330 e. The molecule has 0 aliphatic heterocycles. The average molecular weight is 316 g/mol. The Balaban J connectivity index is 2.19. The minimum absolute atomic E-state index is 0.0933. The van der Waals surface area contributed by atoms with E-state index in [9.17, 15) is 17.2 Å². The topological polar surface area (TPSA) is 90.0 Å². The van der Waals surface area contributed by atoms with E-state index in [4.69, 9.17) is 5.73 Å². The van der Waals surface area contributed by atoms with Gasteiger partial charge in [0, 0.05) is 18.8 Å². The van der Waals surface area contributed by atoms with Crippen LogP contribution in [0.1, 0.15) is 6.42 Å². The van der Waals surface area contributed by atoms with Gasteiger partial charge in [-0.1, -0.05) is 0 Å². The van der Waals surface area contributed by atoms with Gasteiger partial charge in [-0.15, -0.1) is 0 Å². The lowest BCUT2D eigenvalue weighted by Gasteiger charge is -2.06. The van der Waals surface area contributed by atoms with Gasteiger partial charge in [0.2, 0.25) is 0 Å². The van der Waals surface area contributed by atoms with Crippen molar-refractivity contribution in [2.45, 2.75) is 17.9 Å². The lowest BCUT2D eigenvalue weighted by Crippen LogP contribution is -2.13. The van der Waals surface area contributed by atoms with Crippen molar-refractivity contribution in [3.63, 3.8) is 0 Å². The summed E-state index contributed by atoms with van der Waals surface area (Å²) < 4.78 is 53.8. The van der Waals surface area contributed by atoms with Gasteiger partial charge in [0.1, 0.15) is 16.5 Å². The number of sulfonamides is 1. The summed E-state index contributed by atoms with van der Waals surface area (Å²) in [5.41, 5.74) is 5.16. The van der Waals surface area contributed by atoms with E-state index < -0.39 is 21.7 Å². The standard InChI is InChI=1S/C12H14F2N4O2S/c13-9-4-10(14)6-11(5-9)17-21(19,20)12-7-16-18(8-12)3-1-2-15/h4-8,17H,1-3,15H2. The number of halogens is 2. The number of rotatable bonds is 6. The van der Waals surface area contributed by atoms with Crippen LogP contribution in [0.5, 0.6) is 0 Å². The fourth-order valence-corrected chi connectivity index (χ4v) is 2.68. The Labute approximate surface area is 120 Å². The normalized spacial score (nSPS) is 11.6. The molecule has 2 rings (SSSR count). The van der Waals surface area contributed by atoms with Crippen LogP contribution in [-0.4, -0.2) is 24.7 Å². The number of hydrogen-bond donors (Lipinski definition) is 2. The minimum atomic E-state index is -3.95. The molecule has 0 spiro atoms. The van der Waals surface area contributed by atoms with Crippen LogP contribution in [0.25, 0.3) is 0 Å². The van der Waals surface area contributed by atoms with Gasteiger partial charge >= 0.3 is 0 Å². The Morgan fingerprint density at radius 1 is 1.24 bits per heavy atom. The molecule has 1 aromatic carbocycles. The number of hydrogen-bond acceptors (Lipinski definition) is 4. The zero-order valence-electron chi connectivity index (χ0n) is 11.0. The first kappa shape index (κ1) is 15.4. The number of nitrogens with two attached hydrogens (primary N) is 1. The number of benzene rings is 1. The molecule has 0 bridgehead atoms. The molecule has 114 valence electrons. The van der Waals surface area contributed by atoms with Crippen LogP contribution in [-0.2, 0) is 16.6 Å². The summed E-state index contributed by atoms with van der Waals surface area (Å²) in [4.78, 5) is -0.0933. The fraction of sp³-hybridized carbons (Fsp3) is 0.250. The second-order valence-electron chi connectivity index (χ2n) is 4.34. The molecule has 6 nitrogen and oxygen atoms in total. The lowest BCUT2D eigenvalue weighted by molar-refractivity contribution is 0.581. The van der Waals surface area contributed by atoms with E-state index in [0.29, 0.717) is 25.6 Å². The smallest absolute Gasteiger partial charge is 0.265 e. The minimum Gasteiger partial charge on any atom is -0.330 e. The zero-order chi connectivity index (χ0) is 15.5. The quantitative estimate of drug-likeness (QED) is 0.841. The highest BCUT2D eigenvalue weighted by molar-refractivity contribution is 7.92. The first-order chi connectivity index (χ1) is 9.90. The van der Waals surface area contributed by atoms with Gasteiger partial charge in [-0.25, -0.2) is 17.2 Å². The molecule has 3 N–H and O–H groups in total. The Hall–Kier alpha value is -2.00. The number of anilines is 1. The highest BCUT2D eigenvalue weighted by atomic mass is 32.2. The van der Waals surface area contributed by atoms with Crippen LogP contribution in [0.2, 0.25) is 0 Å². The Morgan fingerprint density at radius 2 is 1.90 bits per heavy atom. The molecule has 9 heteroatoms. The molecule has 0 saturated carbocycles. The van der Waals surface area contributed by atoms with E-state index in [-0.39, 0.29) is 10.6 Å². The molecule has 0 aliphatic rings. The van der Waals surface area contributed by atoms with Gasteiger partial charge in [0.05, 0.1) is 11.9 Å². The maximum atomic E-state index is 13.0. The van der Waals surface area contributed by atoms with Gasteiger partial charge < -0.3 is 5.73 Å². The lowest BCUT2D eigenvalue weighted by atomic mass is 10.3. The molecule has 0 saturated heterocycles. The van der Waals surface area contributed by atoms with Crippen LogP contribution in [0, 0.1) is 11.6 Å². The third-order valence-electron chi connectivity index (χ3n) is 2.63. The third kappa shape index (κ3) is 3.99. The van der Waals surface area contributed by atoms with E-state index in [0.717, 1.165) is 18.3 Å². The molecule has 2 aromatic rings. The van der Waals surface area contributed by atoms with E-state index in [2.05, 4.69) is 9.82 Å². The van der Waals surface area contributed by atoms with E-state index in [1.165, 1.54) is 10.9 Å². The number of aromatic nitrogens is 2. The van der Waals surface area contributed by atoms with Crippen LogP contribution >= 0.6 is 0 Å². The highest BCUT2D eigenvalue weighted by Crippen LogP contribution is 2.18. The van der Waals surface area contributed by atoms with E-state index >= 15 is 0 Å². The predicted octanol–water partition coefficient (Wildman–Crippen LogP) is 1.31. The molecular weight excluding hydrogens is 302 g/mol.